The normalized spacial score (nSPS) is 11.8. The van der Waals surface area contributed by atoms with Crippen molar-refractivity contribution in [2.75, 3.05) is 0 Å². The Morgan fingerprint density at radius 2 is 1.88 bits per heavy atom. The maximum absolute atomic E-state index is 12.4. The van der Waals surface area contributed by atoms with Gasteiger partial charge in [-0.3, -0.25) is 0 Å². The molecule has 4 nitrogen and oxygen atoms in total. The maximum Gasteiger partial charge on any atom is 0.446 e. The van der Waals surface area contributed by atoms with Gasteiger partial charge in [0.1, 0.15) is 5.82 Å². The minimum Gasteiger partial charge on any atom is -0.329 e. The molecule has 3 aromatic rings. The fraction of sp³-hybridized carbons (Fsp3) is 0.250. The summed E-state index contributed by atoms with van der Waals surface area (Å²) in [5.74, 6) is 0.984. The van der Waals surface area contributed by atoms with Gasteiger partial charge >= 0.3 is 5.51 Å². The van der Waals surface area contributed by atoms with Gasteiger partial charge in [0.2, 0.25) is 0 Å². The van der Waals surface area contributed by atoms with Crippen LogP contribution in [0.4, 0.5) is 13.2 Å². The van der Waals surface area contributed by atoms with Crippen LogP contribution >= 0.6 is 11.8 Å². The number of alkyl halides is 3. The van der Waals surface area contributed by atoms with Gasteiger partial charge in [-0.05, 0) is 36.0 Å². The molecular formula is C16H15F3N4S. The van der Waals surface area contributed by atoms with Crippen molar-refractivity contribution < 1.29 is 13.2 Å². The number of hydrogen-bond donors (Lipinski definition) is 0. The van der Waals surface area contributed by atoms with Gasteiger partial charge < -0.3 is 9.13 Å². The molecule has 0 amide bonds. The van der Waals surface area contributed by atoms with Crippen molar-refractivity contribution in [3.8, 4) is 5.69 Å². The molecule has 126 valence electrons. The third-order valence-electron chi connectivity index (χ3n) is 3.45. The maximum atomic E-state index is 12.4. The quantitative estimate of drug-likeness (QED) is 0.643. The van der Waals surface area contributed by atoms with Crippen LogP contribution in [0.2, 0.25) is 0 Å². The van der Waals surface area contributed by atoms with Gasteiger partial charge in [-0.2, -0.15) is 13.2 Å². The van der Waals surface area contributed by atoms with E-state index in [4.69, 9.17) is 0 Å². The molecule has 0 radical (unpaired) electrons. The zero-order valence-corrected chi connectivity index (χ0v) is 13.7. The lowest BCUT2D eigenvalue weighted by Crippen LogP contribution is -2.03. The zero-order chi connectivity index (χ0) is 17.2. The van der Waals surface area contributed by atoms with Crippen molar-refractivity contribution in [1.82, 2.24) is 19.1 Å². The minimum absolute atomic E-state index is 0.118. The van der Waals surface area contributed by atoms with Crippen LogP contribution in [0.25, 0.3) is 5.69 Å². The molecule has 0 atom stereocenters. The smallest absolute Gasteiger partial charge is 0.329 e. The summed E-state index contributed by atoms with van der Waals surface area (Å²) >= 11 is -0.118. The molecule has 0 aliphatic rings. The molecule has 0 unspecified atom stereocenters. The number of hydrogen-bond acceptors (Lipinski definition) is 3. The number of imidazole rings is 2. The van der Waals surface area contributed by atoms with Crippen LogP contribution in [-0.4, -0.2) is 24.6 Å². The molecule has 0 aliphatic carbocycles. The highest BCUT2D eigenvalue weighted by Gasteiger charge is 2.29. The van der Waals surface area contributed by atoms with Crippen LogP contribution < -0.4 is 0 Å². The second kappa shape index (κ2) is 6.72. The number of thioether (sulfide) groups is 1. The van der Waals surface area contributed by atoms with E-state index in [0.29, 0.717) is 6.54 Å². The lowest BCUT2D eigenvalue weighted by atomic mass is 10.3. The Bertz CT molecular complexity index is 805. The third-order valence-corrected chi connectivity index (χ3v) is 4.19. The van der Waals surface area contributed by atoms with Crippen molar-refractivity contribution in [3.05, 3.63) is 60.7 Å². The van der Waals surface area contributed by atoms with Crippen LogP contribution in [0.3, 0.4) is 0 Å². The van der Waals surface area contributed by atoms with E-state index in [1.54, 1.807) is 29.2 Å². The summed E-state index contributed by atoms with van der Waals surface area (Å²) in [6.45, 7) is 2.65. The second-order valence-corrected chi connectivity index (χ2v) is 6.28. The second-order valence-electron chi connectivity index (χ2n) is 5.14. The first-order valence-corrected chi connectivity index (χ1v) is 8.15. The van der Waals surface area contributed by atoms with E-state index in [0.717, 1.165) is 23.6 Å². The van der Waals surface area contributed by atoms with Crippen molar-refractivity contribution in [2.24, 2.45) is 0 Å². The highest BCUT2D eigenvalue weighted by molar-refractivity contribution is 8.00. The standard InChI is InChI=1S/C16H15F3N4S/c1-2-15-20-7-8-22(15)9-12-10-23(11-21-12)13-3-5-14(6-4-13)24-16(17,18)19/h3-8,10-11H,2,9H2,1H3. The molecule has 0 fully saturated rings. The van der Waals surface area contributed by atoms with Gasteiger partial charge in [0, 0.05) is 35.6 Å². The van der Waals surface area contributed by atoms with E-state index < -0.39 is 5.51 Å². The third kappa shape index (κ3) is 4.00. The Morgan fingerprint density at radius 3 is 2.54 bits per heavy atom. The van der Waals surface area contributed by atoms with Crippen molar-refractivity contribution in [3.63, 3.8) is 0 Å². The minimum atomic E-state index is -4.27. The molecule has 2 heterocycles. The van der Waals surface area contributed by atoms with Gasteiger partial charge in [0.15, 0.2) is 0 Å². The van der Waals surface area contributed by atoms with Crippen LogP contribution in [0.15, 0.2) is 54.1 Å². The lowest BCUT2D eigenvalue weighted by Gasteiger charge is -2.07. The fourth-order valence-corrected chi connectivity index (χ4v) is 2.92. The van der Waals surface area contributed by atoms with E-state index in [1.165, 1.54) is 12.1 Å². The van der Waals surface area contributed by atoms with E-state index in [1.807, 2.05) is 23.9 Å². The first-order valence-electron chi connectivity index (χ1n) is 7.33. The van der Waals surface area contributed by atoms with E-state index in [2.05, 4.69) is 9.97 Å². The number of rotatable bonds is 5. The number of nitrogens with zero attached hydrogens (tertiary/aromatic N) is 4. The topological polar surface area (TPSA) is 35.6 Å². The molecule has 0 saturated heterocycles. The van der Waals surface area contributed by atoms with Gasteiger partial charge in [0.25, 0.3) is 0 Å². The Hall–Kier alpha value is -2.22. The summed E-state index contributed by atoms with van der Waals surface area (Å²) in [5, 5.41) is 0. The number of aryl methyl sites for hydroxylation is 1. The van der Waals surface area contributed by atoms with Crippen LogP contribution in [0.1, 0.15) is 18.4 Å². The number of halogens is 3. The molecule has 0 spiro atoms. The number of benzene rings is 1. The van der Waals surface area contributed by atoms with Crippen LogP contribution in [0.5, 0.6) is 0 Å². The average Bonchev–Trinajstić information content (AvgIpc) is 3.16. The fourth-order valence-electron chi connectivity index (χ4n) is 2.38. The van der Waals surface area contributed by atoms with Crippen LogP contribution in [-0.2, 0) is 13.0 Å². The summed E-state index contributed by atoms with van der Waals surface area (Å²) in [6, 6.07) is 6.21. The van der Waals surface area contributed by atoms with E-state index >= 15 is 0 Å². The van der Waals surface area contributed by atoms with Crippen molar-refractivity contribution >= 4 is 11.8 Å². The molecule has 3 rings (SSSR count). The largest absolute Gasteiger partial charge is 0.446 e. The Labute approximate surface area is 141 Å². The Morgan fingerprint density at radius 1 is 1.12 bits per heavy atom. The first-order chi connectivity index (χ1) is 11.4. The Kier molecular flexibility index (Phi) is 4.66. The van der Waals surface area contributed by atoms with Crippen molar-refractivity contribution in [1.29, 1.82) is 0 Å². The molecule has 24 heavy (non-hydrogen) atoms. The average molecular weight is 352 g/mol. The molecule has 1 aromatic carbocycles. The van der Waals surface area contributed by atoms with Gasteiger partial charge in [-0.15, -0.1) is 0 Å². The predicted octanol–water partition coefficient (Wildman–Crippen LogP) is 4.29. The Balaban J connectivity index is 1.73. The van der Waals surface area contributed by atoms with E-state index in [-0.39, 0.29) is 16.7 Å². The summed E-state index contributed by atoms with van der Waals surface area (Å²) in [4.78, 5) is 8.79. The molecule has 2 aromatic heterocycles. The summed E-state index contributed by atoms with van der Waals surface area (Å²) < 4.78 is 40.9. The summed E-state index contributed by atoms with van der Waals surface area (Å²) in [6.07, 6.45) is 8.02. The molecular weight excluding hydrogens is 337 g/mol. The monoisotopic (exact) mass is 352 g/mol. The molecule has 0 N–H and O–H groups in total. The van der Waals surface area contributed by atoms with Gasteiger partial charge in [-0.25, -0.2) is 9.97 Å². The highest BCUT2D eigenvalue weighted by atomic mass is 32.2. The van der Waals surface area contributed by atoms with Crippen molar-refractivity contribution in [2.45, 2.75) is 30.3 Å². The predicted molar refractivity (Wildman–Crippen MR) is 86.2 cm³/mol. The highest BCUT2D eigenvalue weighted by Crippen LogP contribution is 2.36. The van der Waals surface area contributed by atoms with Crippen LogP contribution in [0, 0.1) is 0 Å². The summed E-state index contributed by atoms with van der Waals surface area (Å²) in [5.41, 5.74) is -2.65. The lowest BCUT2D eigenvalue weighted by molar-refractivity contribution is -0.0328. The van der Waals surface area contributed by atoms with Gasteiger partial charge in [0.05, 0.1) is 18.6 Å². The zero-order valence-electron chi connectivity index (χ0n) is 12.9. The van der Waals surface area contributed by atoms with Gasteiger partial charge in [-0.1, -0.05) is 6.92 Å². The van der Waals surface area contributed by atoms with E-state index in [9.17, 15) is 13.2 Å². The molecule has 0 saturated carbocycles. The number of aromatic nitrogens is 4. The molecule has 0 aliphatic heterocycles. The molecule has 8 heteroatoms. The summed E-state index contributed by atoms with van der Waals surface area (Å²) in [7, 11) is 0. The molecule has 0 bridgehead atoms. The SMILES string of the molecule is CCc1nccn1Cc1cn(-c2ccc(SC(F)(F)F)cc2)cn1. The first kappa shape index (κ1) is 16.6.